The summed E-state index contributed by atoms with van der Waals surface area (Å²) in [6.45, 7) is 7.31. The molecule has 1 aromatic carbocycles. The molecular formula is C24H31N3O5. The number of nitrogens with zero attached hydrogens (tertiary/aromatic N) is 2. The van der Waals surface area contributed by atoms with Gasteiger partial charge in [0.1, 0.15) is 11.6 Å². The van der Waals surface area contributed by atoms with E-state index in [-0.39, 0.29) is 12.0 Å². The number of aromatic amines is 1. The van der Waals surface area contributed by atoms with Crippen LogP contribution in [0.15, 0.2) is 35.1 Å². The van der Waals surface area contributed by atoms with Crippen LogP contribution in [0.2, 0.25) is 0 Å². The van der Waals surface area contributed by atoms with Gasteiger partial charge in [0.15, 0.2) is 5.65 Å². The zero-order chi connectivity index (χ0) is 23.5. The van der Waals surface area contributed by atoms with Gasteiger partial charge in [0.2, 0.25) is 0 Å². The van der Waals surface area contributed by atoms with Crippen LogP contribution in [0.5, 0.6) is 5.75 Å². The third-order valence-electron chi connectivity index (χ3n) is 5.13. The number of aryl methyl sites for hydroxylation is 1. The fraction of sp³-hybridized carbons (Fsp3) is 0.417. The lowest BCUT2D eigenvalue weighted by atomic mass is 9.96. The average molecular weight is 442 g/mol. The van der Waals surface area contributed by atoms with Crippen molar-refractivity contribution in [1.82, 2.24) is 15.0 Å². The Morgan fingerprint density at radius 2 is 1.88 bits per heavy atom. The lowest BCUT2D eigenvalue weighted by Crippen LogP contribution is -2.21. The Hall–Kier alpha value is -3.26. The summed E-state index contributed by atoms with van der Waals surface area (Å²) >= 11 is 0. The third kappa shape index (κ3) is 6.37. The van der Waals surface area contributed by atoms with E-state index in [1.807, 2.05) is 45.0 Å². The lowest BCUT2D eigenvalue weighted by Gasteiger charge is -2.21. The van der Waals surface area contributed by atoms with E-state index in [2.05, 4.69) is 15.0 Å². The first-order valence-electron chi connectivity index (χ1n) is 10.8. The van der Waals surface area contributed by atoms with Gasteiger partial charge in [-0.1, -0.05) is 13.8 Å². The number of H-pyrrole nitrogens is 1. The molecule has 3 aromatic rings. The maximum atomic E-state index is 12.4. The molecular weight excluding hydrogens is 410 g/mol. The molecule has 32 heavy (non-hydrogen) atoms. The van der Waals surface area contributed by atoms with Crippen LogP contribution < -0.4 is 10.3 Å². The number of aromatic nitrogens is 3. The molecule has 1 aliphatic rings. The van der Waals surface area contributed by atoms with E-state index in [0.29, 0.717) is 22.8 Å². The summed E-state index contributed by atoms with van der Waals surface area (Å²) in [6, 6.07) is 9.58. The molecule has 0 aliphatic carbocycles. The molecule has 2 N–H and O–H groups in total. The summed E-state index contributed by atoms with van der Waals surface area (Å²) in [5, 5.41) is 7.40. The molecule has 3 heterocycles. The molecule has 0 amide bonds. The summed E-state index contributed by atoms with van der Waals surface area (Å²) in [4.78, 5) is 33.0. The Morgan fingerprint density at radius 3 is 2.50 bits per heavy atom. The molecule has 0 atom stereocenters. The maximum absolute atomic E-state index is 12.4. The molecule has 1 saturated heterocycles. The molecule has 1 fully saturated rings. The van der Waals surface area contributed by atoms with Crippen molar-refractivity contribution in [1.29, 1.82) is 0 Å². The number of methoxy groups -OCH3 is 1. The SMILES string of the molecule is CC.COc1ccc(-c2ccc3c(=O)[nH]c(CC4CCOCC4)nc3n2)cc1C.O=CO. The van der Waals surface area contributed by atoms with Crippen molar-refractivity contribution in [2.75, 3.05) is 20.3 Å². The number of ether oxygens (including phenoxy) is 2. The van der Waals surface area contributed by atoms with Gasteiger partial charge in [-0.2, -0.15) is 0 Å². The number of fused-ring (bicyclic) bond motifs is 1. The van der Waals surface area contributed by atoms with Crippen molar-refractivity contribution in [2.24, 2.45) is 5.92 Å². The number of carboxylic acid groups (broad SMARTS) is 1. The van der Waals surface area contributed by atoms with Crippen molar-refractivity contribution in [3.05, 3.63) is 52.1 Å². The molecule has 0 unspecified atom stereocenters. The standard InChI is InChI=1S/C21H23N3O3.C2H6.CH2O2/c1-13-11-15(3-6-18(13)26-2)17-5-4-16-20(22-17)23-19(24-21(16)25)12-14-7-9-27-10-8-14;1-2;2-1-3/h3-6,11,14H,7-10,12H2,1-2H3,(H,22,23,24,25);1-2H3;1H,(H,2,3). The monoisotopic (exact) mass is 441 g/mol. The van der Waals surface area contributed by atoms with Crippen LogP contribution in [0.4, 0.5) is 0 Å². The van der Waals surface area contributed by atoms with E-state index < -0.39 is 0 Å². The van der Waals surface area contributed by atoms with Crippen molar-refractivity contribution < 1.29 is 19.4 Å². The van der Waals surface area contributed by atoms with Gasteiger partial charge in [0.25, 0.3) is 12.0 Å². The van der Waals surface area contributed by atoms with Crippen LogP contribution >= 0.6 is 0 Å². The number of hydrogen-bond acceptors (Lipinski definition) is 6. The quantitative estimate of drug-likeness (QED) is 0.588. The number of nitrogens with one attached hydrogen (secondary N) is 1. The molecule has 0 radical (unpaired) electrons. The van der Waals surface area contributed by atoms with Crippen molar-refractivity contribution in [2.45, 2.75) is 40.0 Å². The first-order valence-corrected chi connectivity index (χ1v) is 10.8. The first-order chi connectivity index (χ1) is 15.5. The molecule has 0 bridgehead atoms. The number of pyridine rings is 1. The topological polar surface area (TPSA) is 114 Å². The molecule has 172 valence electrons. The van der Waals surface area contributed by atoms with E-state index >= 15 is 0 Å². The van der Waals surface area contributed by atoms with Gasteiger partial charge in [-0.25, -0.2) is 9.97 Å². The second kappa shape index (κ2) is 12.6. The minimum atomic E-state index is -0.250. The Morgan fingerprint density at radius 1 is 1.19 bits per heavy atom. The van der Waals surface area contributed by atoms with Crippen LogP contribution in [-0.2, 0) is 16.0 Å². The van der Waals surface area contributed by atoms with Crippen molar-refractivity contribution in [3.8, 4) is 17.0 Å². The fourth-order valence-electron chi connectivity index (χ4n) is 3.58. The third-order valence-corrected chi connectivity index (χ3v) is 5.13. The van der Waals surface area contributed by atoms with Crippen LogP contribution in [0.3, 0.4) is 0 Å². The summed E-state index contributed by atoms with van der Waals surface area (Å²) < 4.78 is 10.7. The summed E-state index contributed by atoms with van der Waals surface area (Å²) in [5.74, 6) is 2.04. The van der Waals surface area contributed by atoms with Crippen LogP contribution in [-0.4, -0.2) is 46.9 Å². The Labute approximate surface area is 187 Å². The first kappa shape index (κ1) is 25.0. The molecule has 0 saturated carbocycles. The molecule has 8 nitrogen and oxygen atoms in total. The second-order valence-electron chi connectivity index (χ2n) is 7.13. The van der Waals surface area contributed by atoms with E-state index in [1.165, 1.54) is 0 Å². The molecule has 8 heteroatoms. The summed E-state index contributed by atoms with van der Waals surface area (Å²) in [5.41, 5.74) is 3.17. The fourth-order valence-corrected chi connectivity index (χ4v) is 3.58. The number of carbonyl (C=O) groups is 1. The van der Waals surface area contributed by atoms with Gasteiger partial charge in [-0.15, -0.1) is 0 Å². The lowest BCUT2D eigenvalue weighted by molar-refractivity contribution is -0.122. The maximum Gasteiger partial charge on any atom is 0.290 e. The van der Waals surface area contributed by atoms with Crippen LogP contribution in [0.1, 0.15) is 38.1 Å². The average Bonchev–Trinajstić information content (AvgIpc) is 2.81. The van der Waals surface area contributed by atoms with Crippen molar-refractivity contribution in [3.63, 3.8) is 0 Å². The van der Waals surface area contributed by atoms with Gasteiger partial charge in [0.05, 0.1) is 18.2 Å². The largest absolute Gasteiger partial charge is 0.496 e. The molecule has 2 aromatic heterocycles. The van der Waals surface area contributed by atoms with Crippen LogP contribution in [0, 0.1) is 12.8 Å². The highest BCUT2D eigenvalue weighted by Crippen LogP contribution is 2.26. The van der Waals surface area contributed by atoms with Gasteiger partial charge >= 0.3 is 0 Å². The normalized spacial score (nSPS) is 13.4. The molecule has 4 rings (SSSR count). The highest BCUT2D eigenvalue weighted by molar-refractivity contribution is 5.77. The second-order valence-corrected chi connectivity index (χ2v) is 7.13. The van der Waals surface area contributed by atoms with Gasteiger partial charge in [0, 0.05) is 25.2 Å². The smallest absolute Gasteiger partial charge is 0.290 e. The zero-order valence-electron chi connectivity index (χ0n) is 19.1. The summed E-state index contributed by atoms with van der Waals surface area (Å²) in [6.07, 6.45) is 2.75. The number of rotatable bonds is 4. The Bertz CT molecular complexity index is 1070. The van der Waals surface area contributed by atoms with E-state index in [1.54, 1.807) is 13.2 Å². The minimum absolute atomic E-state index is 0.132. The number of benzene rings is 1. The minimum Gasteiger partial charge on any atom is -0.496 e. The van der Waals surface area contributed by atoms with Crippen molar-refractivity contribution >= 4 is 17.5 Å². The summed E-state index contributed by atoms with van der Waals surface area (Å²) in [7, 11) is 1.66. The van der Waals surface area contributed by atoms with E-state index in [9.17, 15) is 4.79 Å². The number of hydrogen-bond donors (Lipinski definition) is 2. The molecule has 0 spiro atoms. The van der Waals surface area contributed by atoms with Gasteiger partial charge in [-0.3, -0.25) is 9.59 Å². The predicted molar refractivity (Wildman–Crippen MR) is 124 cm³/mol. The van der Waals surface area contributed by atoms with E-state index in [4.69, 9.17) is 19.4 Å². The highest BCUT2D eigenvalue weighted by Gasteiger charge is 2.16. The predicted octanol–water partition coefficient (Wildman–Crippen LogP) is 4.00. The Kier molecular flexibility index (Phi) is 9.81. The molecule has 1 aliphatic heterocycles. The van der Waals surface area contributed by atoms with Crippen LogP contribution in [0.25, 0.3) is 22.3 Å². The zero-order valence-corrected chi connectivity index (χ0v) is 19.1. The van der Waals surface area contributed by atoms with Gasteiger partial charge < -0.3 is 19.6 Å². The van der Waals surface area contributed by atoms with E-state index in [0.717, 1.165) is 55.0 Å². The highest BCUT2D eigenvalue weighted by atomic mass is 16.5. The van der Waals surface area contributed by atoms with Gasteiger partial charge in [-0.05, 0) is 61.6 Å². The Balaban J connectivity index is 0.000000671.